The van der Waals surface area contributed by atoms with Gasteiger partial charge in [0.2, 0.25) is 11.8 Å². The second kappa shape index (κ2) is 9.62. The molecule has 3 aromatic rings. The summed E-state index contributed by atoms with van der Waals surface area (Å²) in [6, 6.07) is 19.8. The predicted octanol–water partition coefficient (Wildman–Crippen LogP) is 5.20. The molecule has 1 aliphatic rings. The molecular formula is C25H26BrN3O2. The van der Waals surface area contributed by atoms with Crippen LogP contribution in [0.2, 0.25) is 0 Å². The van der Waals surface area contributed by atoms with Crippen LogP contribution in [0.4, 0.5) is 11.4 Å². The Morgan fingerprint density at radius 2 is 1.71 bits per heavy atom. The zero-order chi connectivity index (χ0) is 21.8. The Bertz CT molecular complexity index is 1100. The van der Waals surface area contributed by atoms with Gasteiger partial charge in [0.05, 0.1) is 6.54 Å². The number of anilines is 2. The Hall–Kier alpha value is -2.70. The molecule has 1 fully saturated rings. The normalized spacial score (nSPS) is 15.0. The van der Waals surface area contributed by atoms with Crippen LogP contribution in [-0.2, 0) is 9.59 Å². The standard InChI is InChI=1S/C25H26BrN3O2/c1-17-15-20(26)9-10-22(17)28-25(31)19-11-13-29(14-12-19)16-24(30)27-23-8-4-6-18-5-2-3-7-21(18)23/h2-10,15,19H,11-14,16H2,1H3,(H,27,30)(H,28,31). The van der Waals surface area contributed by atoms with E-state index in [-0.39, 0.29) is 17.7 Å². The third kappa shape index (κ3) is 5.32. The van der Waals surface area contributed by atoms with Crippen molar-refractivity contribution in [1.29, 1.82) is 0 Å². The van der Waals surface area contributed by atoms with E-state index in [1.807, 2.05) is 67.6 Å². The maximum absolute atomic E-state index is 12.7. The number of benzene rings is 3. The van der Waals surface area contributed by atoms with Gasteiger partial charge < -0.3 is 10.6 Å². The summed E-state index contributed by atoms with van der Waals surface area (Å²) >= 11 is 3.45. The van der Waals surface area contributed by atoms with Gasteiger partial charge in [-0.1, -0.05) is 52.3 Å². The lowest BCUT2D eigenvalue weighted by atomic mass is 9.95. The lowest BCUT2D eigenvalue weighted by molar-refractivity contribution is -0.121. The van der Waals surface area contributed by atoms with Gasteiger partial charge in [-0.2, -0.15) is 0 Å². The smallest absolute Gasteiger partial charge is 0.238 e. The average molecular weight is 480 g/mol. The first kappa shape index (κ1) is 21.5. The summed E-state index contributed by atoms with van der Waals surface area (Å²) in [5.74, 6) is 0.00967. The highest BCUT2D eigenvalue weighted by Gasteiger charge is 2.26. The van der Waals surface area contributed by atoms with Crippen LogP contribution in [0.3, 0.4) is 0 Å². The van der Waals surface area contributed by atoms with Crippen molar-refractivity contribution in [2.45, 2.75) is 19.8 Å². The van der Waals surface area contributed by atoms with Crippen molar-refractivity contribution in [3.05, 3.63) is 70.7 Å². The van der Waals surface area contributed by atoms with E-state index in [2.05, 4.69) is 31.5 Å². The summed E-state index contributed by atoms with van der Waals surface area (Å²) in [6.07, 6.45) is 1.51. The van der Waals surface area contributed by atoms with Gasteiger partial charge in [-0.15, -0.1) is 0 Å². The molecule has 4 rings (SSSR count). The second-order valence-corrected chi connectivity index (χ2v) is 8.99. The van der Waals surface area contributed by atoms with Gasteiger partial charge in [0.1, 0.15) is 0 Å². The molecule has 5 nitrogen and oxygen atoms in total. The first-order chi connectivity index (χ1) is 15.0. The van der Waals surface area contributed by atoms with E-state index in [0.29, 0.717) is 6.54 Å². The fraction of sp³-hybridized carbons (Fsp3) is 0.280. The Kier molecular flexibility index (Phi) is 6.68. The summed E-state index contributed by atoms with van der Waals surface area (Å²) in [4.78, 5) is 27.4. The topological polar surface area (TPSA) is 61.4 Å². The number of carbonyl (C=O) groups is 2. The minimum Gasteiger partial charge on any atom is -0.326 e. The molecule has 0 saturated carbocycles. The van der Waals surface area contributed by atoms with Crippen molar-refractivity contribution in [1.82, 2.24) is 4.90 Å². The number of nitrogens with zero attached hydrogens (tertiary/aromatic N) is 1. The highest BCUT2D eigenvalue weighted by atomic mass is 79.9. The van der Waals surface area contributed by atoms with Gasteiger partial charge >= 0.3 is 0 Å². The van der Waals surface area contributed by atoms with Crippen LogP contribution in [0.1, 0.15) is 18.4 Å². The van der Waals surface area contributed by atoms with Crippen molar-refractivity contribution < 1.29 is 9.59 Å². The molecule has 0 atom stereocenters. The van der Waals surface area contributed by atoms with Gasteiger partial charge in [-0.25, -0.2) is 0 Å². The highest BCUT2D eigenvalue weighted by Crippen LogP contribution is 2.25. The molecule has 0 unspecified atom stereocenters. The van der Waals surface area contributed by atoms with E-state index < -0.39 is 0 Å². The number of fused-ring (bicyclic) bond motifs is 1. The van der Waals surface area contributed by atoms with E-state index in [9.17, 15) is 9.59 Å². The van der Waals surface area contributed by atoms with Crippen LogP contribution in [-0.4, -0.2) is 36.3 Å². The van der Waals surface area contributed by atoms with Gasteiger partial charge in [-0.3, -0.25) is 14.5 Å². The highest BCUT2D eigenvalue weighted by molar-refractivity contribution is 9.10. The van der Waals surface area contributed by atoms with E-state index in [0.717, 1.165) is 58.1 Å². The van der Waals surface area contributed by atoms with Crippen LogP contribution in [0, 0.1) is 12.8 Å². The number of hydrogen-bond donors (Lipinski definition) is 2. The number of amides is 2. The molecule has 2 amide bonds. The first-order valence-corrected chi connectivity index (χ1v) is 11.4. The van der Waals surface area contributed by atoms with Crippen molar-refractivity contribution in [3.63, 3.8) is 0 Å². The number of likely N-dealkylation sites (tertiary alicyclic amines) is 1. The monoisotopic (exact) mass is 479 g/mol. The number of hydrogen-bond acceptors (Lipinski definition) is 3. The Morgan fingerprint density at radius 3 is 2.48 bits per heavy atom. The largest absolute Gasteiger partial charge is 0.326 e. The third-order valence-corrected chi connectivity index (χ3v) is 6.33. The maximum atomic E-state index is 12.7. The zero-order valence-corrected chi connectivity index (χ0v) is 19.1. The number of piperidine rings is 1. The van der Waals surface area contributed by atoms with E-state index in [4.69, 9.17) is 0 Å². The summed E-state index contributed by atoms with van der Waals surface area (Å²) in [6.45, 7) is 3.79. The number of carbonyl (C=O) groups excluding carboxylic acids is 2. The Labute approximate surface area is 190 Å². The quantitative estimate of drug-likeness (QED) is 0.528. The molecule has 1 heterocycles. The van der Waals surface area contributed by atoms with Crippen LogP contribution in [0.25, 0.3) is 10.8 Å². The molecule has 0 aliphatic carbocycles. The molecule has 6 heteroatoms. The van der Waals surface area contributed by atoms with Gasteiger partial charge in [0, 0.05) is 27.2 Å². The lowest BCUT2D eigenvalue weighted by Gasteiger charge is -2.30. The molecule has 0 spiro atoms. The molecule has 3 aromatic carbocycles. The molecule has 31 heavy (non-hydrogen) atoms. The molecule has 0 bridgehead atoms. The molecule has 0 aromatic heterocycles. The summed E-state index contributed by atoms with van der Waals surface area (Å²) in [5, 5.41) is 8.24. The number of nitrogens with one attached hydrogen (secondary N) is 2. The number of aryl methyl sites for hydroxylation is 1. The van der Waals surface area contributed by atoms with Gasteiger partial charge in [0.15, 0.2) is 0 Å². The number of rotatable bonds is 5. The van der Waals surface area contributed by atoms with Gasteiger partial charge in [-0.05, 0) is 68.1 Å². The minimum atomic E-state index is -0.0274. The zero-order valence-electron chi connectivity index (χ0n) is 17.5. The van der Waals surface area contributed by atoms with E-state index in [1.54, 1.807) is 0 Å². The average Bonchev–Trinajstić information content (AvgIpc) is 2.76. The maximum Gasteiger partial charge on any atom is 0.238 e. The Balaban J connectivity index is 1.28. The van der Waals surface area contributed by atoms with Crippen molar-refractivity contribution in [3.8, 4) is 0 Å². The van der Waals surface area contributed by atoms with E-state index in [1.165, 1.54) is 0 Å². The van der Waals surface area contributed by atoms with Gasteiger partial charge in [0.25, 0.3) is 0 Å². The molecular weight excluding hydrogens is 454 g/mol. The molecule has 1 aliphatic heterocycles. The minimum absolute atomic E-state index is 0.0234. The van der Waals surface area contributed by atoms with Crippen LogP contribution in [0.5, 0.6) is 0 Å². The third-order valence-electron chi connectivity index (χ3n) is 5.84. The molecule has 0 radical (unpaired) electrons. The van der Waals surface area contributed by atoms with Crippen molar-refractivity contribution in [2.75, 3.05) is 30.3 Å². The molecule has 2 N–H and O–H groups in total. The second-order valence-electron chi connectivity index (χ2n) is 8.07. The Morgan fingerprint density at radius 1 is 0.968 bits per heavy atom. The summed E-state index contributed by atoms with van der Waals surface area (Å²) in [7, 11) is 0. The molecule has 160 valence electrons. The number of halogens is 1. The van der Waals surface area contributed by atoms with Crippen molar-refractivity contribution >= 4 is 49.9 Å². The summed E-state index contributed by atoms with van der Waals surface area (Å²) in [5.41, 5.74) is 2.72. The molecule has 1 saturated heterocycles. The van der Waals surface area contributed by atoms with Crippen LogP contribution >= 0.6 is 15.9 Å². The van der Waals surface area contributed by atoms with Crippen molar-refractivity contribution in [2.24, 2.45) is 5.92 Å². The SMILES string of the molecule is Cc1cc(Br)ccc1NC(=O)C1CCN(CC(=O)Nc2cccc3ccccc23)CC1. The van der Waals surface area contributed by atoms with E-state index >= 15 is 0 Å². The fourth-order valence-electron chi connectivity index (χ4n) is 4.08. The summed E-state index contributed by atoms with van der Waals surface area (Å²) < 4.78 is 0.998. The first-order valence-electron chi connectivity index (χ1n) is 10.6. The van der Waals surface area contributed by atoms with Crippen LogP contribution < -0.4 is 10.6 Å². The van der Waals surface area contributed by atoms with Crippen LogP contribution in [0.15, 0.2) is 65.1 Å². The predicted molar refractivity (Wildman–Crippen MR) is 129 cm³/mol. The lowest BCUT2D eigenvalue weighted by Crippen LogP contribution is -2.41. The fourth-order valence-corrected chi connectivity index (χ4v) is 4.56.